The van der Waals surface area contributed by atoms with E-state index in [1.54, 1.807) is 6.08 Å². The van der Waals surface area contributed by atoms with E-state index in [4.69, 9.17) is 0 Å². The van der Waals surface area contributed by atoms with Gasteiger partial charge in [0.2, 0.25) is 0 Å². The minimum Gasteiger partial charge on any atom is -0.238 e. The van der Waals surface area contributed by atoms with E-state index in [0.29, 0.717) is 5.69 Å². The Bertz CT molecular complexity index is 301. The minimum atomic E-state index is -0.496. The zero-order valence-corrected chi connectivity index (χ0v) is 7.04. The molecule has 0 radical (unpaired) electrons. The fraction of sp³-hybridized carbons (Fsp3) is 0.125. The molecule has 1 aromatic heterocycles. The molecule has 0 aromatic carbocycles. The molecule has 11 heavy (non-hydrogen) atoms. The summed E-state index contributed by atoms with van der Waals surface area (Å²) in [5.74, 6) is -0.496. The average Bonchev–Trinajstić information content (AvgIpc) is 2.30. The van der Waals surface area contributed by atoms with Crippen LogP contribution in [0.2, 0.25) is 0 Å². The van der Waals surface area contributed by atoms with Crippen molar-refractivity contribution in [2.24, 2.45) is 0 Å². The largest absolute Gasteiger partial charge is 0.238 e. The Morgan fingerprint density at radius 3 is 2.73 bits per heavy atom. The van der Waals surface area contributed by atoms with E-state index in [9.17, 15) is 4.39 Å². The van der Waals surface area contributed by atoms with Gasteiger partial charge in [-0.3, -0.25) is 0 Å². The quantitative estimate of drug-likeness (QED) is 0.663. The normalized spacial score (nSPS) is 9.64. The first kappa shape index (κ1) is 8.14. The van der Waals surface area contributed by atoms with E-state index in [2.05, 4.69) is 18.1 Å². The highest BCUT2D eigenvalue weighted by Crippen LogP contribution is 2.24. The highest BCUT2D eigenvalue weighted by atomic mass is 32.1. The summed E-state index contributed by atoms with van der Waals surface area (Å²) in [5.41, 5.74) is 0.322. The van der Waals surface area contributed by atoms with Crippen molar-refractivity contribution in [1.29, 1.82) is 0 Å². The molecule has 0 unspecified atom stereocenters. The van der Waals surface area contributed by atoms with Crippen molar-refractivity contribution in [3.8, 4) is 0 Å². The molecular formula is C8H8FNS. The zero-order chi connectivity index (χ0) is 8.43. The van der Waals surface area contributed by atoms with Crippen molar-refractivity contribution in [2.75, 3.05) is 0 Å². The van der Waals surface area contributed by atoms with Gasteiger partial charge in [-0.15, -0.1) is 11.3 Å². The molecule has 0 fully saturated rings. The summed E-state index contributed by atoms with van der Waals surface area (Å²) < 4.78 is 12.6. The second kappa shape index (κ2) is 2.96. The van der Waals surface area contributed by atoms with Gasteiger partial charge in [-0.05, 0) is 13.0 Å². The highest BCUT2D eigenvalue weighted by molar-refractivity contribution is 7.12. The van der Waals surface area contributed by atoms with Gasteiger partial charge >= 0.3 is 0 Å². The topological polar surface area (TPSA) is 12.9 Å². The SMILES string of the molecule is C=Cc1sc(C)nc1C(=C)F. The number of hydrogen-bond acceptors (Lipinski definition) is 2. The van der Waals surface area contributed by atoms with Gasteiger partial charge in [0.15, 0.2) is 0 Å². The smallest absolute Gasteiger partial charge is 0.143 e. The van der Waals surface area contributed by atoms with Gasteiger partial charge in [-0.2, -0.15) is 0 Å². The molecule has 58 valence electrons. The Kier molecular flexibility index (Phi) is 2.19. The minimum absolute atomic E-state index is 0.322. The Balaban J connectivity index is 3.22. The van der Waals surface area contributed by atoms with Crippen LogP contribution in [-0.2, 0) is 0 Å². The molecule has 0 amide bonds. The van der Waals surface area contributed by atoms with Crippen LogP contribution in [-0.4, -0.2) is 4.98 Å². The number of thiazole rings is 1. The second-order valence-corrected chi connectivity index (χ2v) is 3.29. The Hall–Kier alpha value is -0.960. The van der Waals surface area contributed by atoms with E-state index in [-0.39, 0.29) is 0 Å². The van der Waals surface area contributed by atoms with Crippen LogP contribution in [0.25, 0.3) is 11.9 Å². The summed E-state index contributed by atoms with van der Waals surface area (Å²) in [6.07, 6.45) is 1.59. The third kappa shape index (κ3) is 1.54. The van der Waals surface area contributed by atoms with E-state index < -0.39 is 5.83 Å². The highest BCUT2D eigenvalue weighted by Gasteiger charge is 2.08. The molecule has 0 aliphatic carbocycles. The molecule has 3 heteroatoms. The van der Waals surface area contributed by atoms with Crippen LogP contribution in [0.4, 0.5) is 4.39 Å². The van der Waals surface area contributed by atoms with Crippen molar-refractivity contribution < 1.29 is 4.39 Å². The molecule has 0 saturated carbocycles. The summed E-state index contributed by atoms with van der Waals surface area (Å²) in [6.45, 7) is 8.55. The molecule has 1 nitrogen and oxygen atoms in total. The first-order valence-corrected chi connectivity index (χ1v) is 3.91. The number of nitrogens with zero attached hydrogens (tertiary/aromatic N) is 1. The standard InChI is InChI=1S/C8H8FNS/c1-4-7-8(5(2)9)10-6(3)11-7/h4H,1-2H2,3H3. The van der Waals surface area contributed by atoms with Crippen LogP contribution < -0.4 is 0 Å². The Labute approximate surface area is 68.9 Å². The summed E-state index contributed by atoms with van der Waals surface area (Å²) in [7, 11) is 0. The van der Waals surface area contributed by atoms with Gasteiger partial charge in [0.1, 0.15) is 11.5 Å². The van der Waals surface area contributed by atoms with Crippen molar-refractivity contribution in [1.82, 2.24) is 4.98 Å². The van der Waals surface area contributed by atoms with Gasteiger partial charge in [-0.1, -0.05) is 13.2 Å². The molecule has 0 bridgehead atoms. The number of hydrogen-bond donors (Lipinski definition) is 0. The lowest BCUT2D eigenvalue weighted by Gasteiger charge is -1.88. The molecule has 0 N–H and O–H groups in total. The van der Waals surface area contributed by atoms with Crippen LogP contribution in [0.5, 0.6) is 0 Å². The summed E-state index contributed by atoms with van der Waals surface area (Å²) in [5, 5.41) is 0.828. The van der Waals surface area contributed by atoms with E-state index >= 15 is 0 Å². The molecular weight excluding hydrogens is 161 g/mol. The van der Waals surface area contributed by atoms with Crippen molar-refractivity contribution in [3.05, 3.63) is 28.7 Å². The third-order valence-electron chi connectivity index (χ3n) is 1.20. The number of aryl methyl sites for hydroxylation is 1. The molecule has 0 saturated heterocycles. The average molecular weight is 169 g/mol. The Morgan fingerprint density at radius 1 is 1.73 bits per heavy atom. The lowest BCUT2D eigenvalue weighted by atomic mass is 10.3. The van der Waals surface area contributed by atoms with Crippen LogP contribution >= 0.6 is 11.3 Å². The fourth-order valence-corrected chi connectivity index (χ4v) is 1.57. The summed E-state index contributed by atoms with van der Waals surface area (Å²) in [4.78, 5) is 4.70. The fourth-order valence-electron chi connectivity index (χ4n) is 0.776. The lowest BCUT2D eigenvalue weighted by Crippen LogP contribution is -1.78. The number of rotatable bonds is 2. The van der Waals surface area contributed by atoms with E-state index in [0.717, 1.165) is 9.88 Å². The molecule has 0 aliphatic heterocycles. The van der Waals surface area contributed by atoms with Crippen molar-refractivity contribution >= 4 is 23.2 Å². The number of aromatic nitrogens is 1. The summed E-state index contributed by atoms with van der Waals surface area (Å²) in [6, 6.07) is 0. The molecule has 0 aliphatic rings. The molecule has 1 heterocycles. The number of halogens is 1. The van der Waals surface area contributed by atoms with Gasteiger partial charge in [-0.25, -0.2) is 9.37 Å². The maximum absolute atomic E-state index is 12.6. The monoisotopic (exact) mass is 169 g/mol. The molecule has 1 rings (SSSR count). The predicted molar refractivity (Wildman–Crippen MR) is 47.1 cm³/mol. The predicted octanol–water partition coefficient (Wildman–Crippen LogP) is 3.03. The van der Waals surface area contributed by atoms with Crippen LogP contribution in [0.3, 0.4) is 0 Å². The second-order valence-electron chi connectivity index (χ2n) is 2.05. The van der Waals surface area contributed by atoms with Gasteiger partial charge < -0.3 is 0 Å². The molecule has 0 atom stereocenters. The maximum Gasteiger partial charge on any atom is 0.143 e. The summed E-state index contributed by atoms with van der Waals surface area (Å²) >= 11 is 1.41. The zero-order valence-electron chi connectivity index (χ0n) is 6.22. The van der Waals surface area contributed by atoms with E-state index in [1.807, 2.05) is 6.92 Å². The maximum atomic E-state index is 12.6. The Morgan fingerprint density at radius 2 is 2.36 bits per heavy atom. The van der Waals surface area contributed by atoms with Crippen LogP contribution in [0.1, 0.15) is 15.6 Å². The van der Waals surface area contributed by atoms with Crippen LogP contribution in [0, 0.1) is 6.92 Å². The lowest BCUT2D eigenvalue weighted by molar-refractivity contribution is 0.756. The molecule has 0 spiro atoms. The molecule has 1 aromatic rings. The van der Waals surface area contributed by atoms with Crippen LogP contribution in [0.15, 0.2) is 13.2 Å². The van der Waals surface area contributed by atoms with Gasteiger partial charge in [0.05, 0.1) is 9.88 Å². The van der Waals surface area contributed by atoms with Gasteiger partial charge in [0.25, 0.3) is 0 Å². The van der Waals surface area contributed by atoms with Gasteiger partial charge in [0, 0.05) is 0 Å². The van der Waals surface area contributed by atoms with E-state index in [1.165, 1.54) is 11.3 Å². The first-order chi connectivity index (χ1) is 5.15. The van der Waals surface area contributed by atoms with Crippen molar-refractivity contribution in [3.63, 3.8) is 0 Å². The third-order valence-corrected chi connectivity index (χ3v) is 2.17. The van der Waals surface area contributed by atoms with Crippen molar-refractivity contribution in [2.45, 2.75) is 6.92 Å². The first-order valence-electron chi connectivity index (χ1n) is 3.09.